The van der Waals surface area contributed by atoms with Crippen LogP contribution in [0.25, 0.3) is 0 Å². The summed E-state index contributed by atoms with van der Waals surface area (Å²) in [6.45, 7) is 4.39. The normalized spacial score (nSPS) is 11.9. The van der Waals surface area contributed by atoms with Crippen molar-refractivity contribution in [2.24, 2.45) is 0 Å². The van der Waals surface area contributed by atoms with Crippen LogP contribution in [-0.2, 0) is 0 Å². The number of benzene rings is 2. The molecule has 1 N–H and O–H groups in total. The standard InChI is InChI=1S/C18H19BrF2N2O/c1-3-10-23(12(2)14-6-4-5-7-15(14)19)18(24)22-17-9-8-13(20)11-16(17)21/h4-9,11-12H,3,10H2,1-2H3,(H,22,24). The zero-order chi connectivity index (χ0) is 17.7. The molecule has 0 aromatic heterocycles. The molecule has 0 fully saturated rings. The molecule has 0 spiro atoms. The van der Waals surface area contributed by atoms with Gasteiger partial charge in [-0.05, 0) is 37.1 Å². The van der Waals surface area contributed by atoms with Gasteiger partial charge in [0.05, 0.1) is 11.7 Å². The topological polar surface area (TPSA) is 32.3 Å². The predicted molar refractivity (Wildman–Crippen MR) is 94.9 cm³/mol. The lowest BCUT2D eigenvalue weighted by atomic mass is 10.1. The van der Waals surface area contributed by atoms with Crippen LogP contribution in [-0.4, -0.2) is 17.5 Å². The van der Waals surface area contributed by atoms with Gasteiger partial charge in [0.2, 0.25) is 0 Å². The molecule has 6 heteroatoms. The molecule has 0 bridgehead atoms. The monoisotopic (exact) mass is 396 g/mol. The summed E-state index contributed by atoms with van der Waals surface area (Å²) in [7, 11) is 0. The molecule has 0 radical (unpaired) electrons. The average Bonchev–Trinajstić information content (AvgIpc) is 2.55. The summed E-state index contributed by atoms with van der Waals surface area (Å²) in [6, 6.07) is 10.1. The summed E-state index contributed by atoms with van der Waals surface area (Å²) < 4.78 is 27.7. The van der Waals surface area contributed by atoms with E-state index in [1.54, 1.807) is 4.90 Å². The summed E-state index contributed by atoms with van der Waals surface area (Å²) in [5.74, 6) is -1.48. The Kier molecular flexibility index (Phi) is 6.31. The van der Waals surface area contributed by atoms with Crippen molar-refractivity contribution in [1.29, 1.82) is 0 Å². The van der Waals surface area contributed by atoms with Crippen LogP contribution in [0, 0.1) is 11.6 Å². The van der Waals surface area contributed by atoms with E-state index in [0.29, 0.717) is 6.54 Å². The number of anilines is 1. The van der Waals surface area contributed by atoms with Crippen LogP contribution in [0.3, 0.4) is 0 Å². The van der Waals surface area contributed by atoms with Crippen LogP contribution in [0.5, 0.6) is 0 Å². The second-order valence-electron chi connectivity index (χ2n) is 5.45. The number of urea groups is 1. The van der Waals surface area contributed by atoms with Gasteiger partial charge in [0.15, 0.2) is 0 Å². The lowest BCUT2D eigenvalue weighted by Gasteiger charge is -2.30. The van der Waals surface area contributed by atoms with Crippen molar-refractivity contribution in [3.8, 4) is 0 Å². The summed E-state index contributed by atoms with van der Waals surface area (Å²) in [4.78, 5) is 14.2. The third-order valence-corrected chi connectivity index (χ3v) is 4.44. The van der Waals surface area contributed by atoms with E-state index in [0.717, 1.165) is 28.6 Å². The number of hydrogen-bond donors (Lipinski definition) is 1. The highest BCUT2D eigenvalue weighted by Gasteiger charge is 2.23. The number of nitrogens with one attached hydrogen (secondary N) is 1. The molecule has 1 unspecified atom stereocenters. The van der Waals surface area contributed by atoms with E-state index in [-0.39, 0.29) is 11.7 Å². The smallest absolute Gasteiger partial charge is 0.318 e. The van der Waals surface area contributed by atoms with E-state index in [9.17, 15) is 13.6 Å². The molecule has 1 atom stereocenters. The quantitative estimate of drug-likeness (QED) is 0.687. The predicted octanol–water partition coefficient (Wildman–Crippen LogP) is 5.73. The van der Waals surface area contributed by atoms with Gasteiger partial charge in [-0.1, -0.05) is 41.1 Å². The Morgan fingerprint density at radius 3 is 2.58 bits per heavy atom. The van der Waals surface area contributed by atoms with E-state index >= 15 is 0 Å². The SMILES string of the molecule is CCCN(C(=O)Nc1ccc(F)cc1F)C(C)c1ccccc1Br. The van der Waals surface area contributed by atoms with Crippen molar-refractivity contribution in [2.75, 3.05) is 11.9 Å². The van der Waals surface area contributed by atoms with Gasteiger partial charge in [0.1, 0.15) is 11.6 Å². The van der Waals surface area contributed by atoms with Crippen molar-refractivity contribution < 1.29 is 13.6 Å². The Morgan fingerprint density at radius 1 is 1.25 bits per heavy atom. The van der Waals surface area contributed by atoms with E-state index in [2.05, 4.69) is 21.2 Å². The maximum atomic E-state index is 13.8. The van der Waals surface area contributed by atoms with Crippen LogP contribution < -0.4 is 5.32 Å². The number of carbonyl (C=O) groups excluding carboxylic acids is 1. The Labute approximate surface area is 148 Å². The van der Waals surface area contributed by atoms with Crippen LogP contribution >= 0.6 is 15.9 Å². The summed E-state index contributed by atoms with van der Waals surface area (Å²) >= 11 is 3.49. The zero-order valence-electron chi connectivity index (χ0n) is 13.5. The lowest BCUT2D eigenvalue weighted by Crippen LogP contribution is -2.38. The Balaban J connectivity index is 2.23. The molecule has 2 amide bonds. The molecule has 0 heterocycles. The second kappa shape index (κ2) is 8.24. The first kappa shape index (κ1) is 18.4. The van der Waals surface area contributed by atoms with E-state index < -0.39 is 17.7 Å². The maximum absolute atomic E-state index is 13.8. The van der Waals surface area contributed by atoms with Crippen LogP contribution in [0.2, 0.25) is 0 Å². The molecule has 128 valence electrons. The molecular weight excluding hydrogens is 378 g/mol. The average molecular weight is 397 g/mol. The maximum Gasteiger partial charge on any atom is 0.322 e. The number of amides is 2. The van der Waals surface area contributed by atoms with Gasteiger partial charge in [-0.2, -0.15) is 0 Å². The number of nitrogens with zero attached hydrogens (tertiary/aromatic N) is 1. The molecule has 3 nitrogen and oxygen atoms in total. The zero-order valence-corrected chi connectivity index (χ0v) is 15.1. The van der Waals surface area contributed by atoms with Gasteiger partial charge < -0.3 is 10.2 Å². The Morgan fingerprint density at radius 2 is 1.96 bits per heavy atom. The second-order valence-corrected chi connectivity index (χ2v) is 6.30. The largest absolute Gasteiger partial charge is 0.322 e. The highest BCUT2D eigenvalue weighted by molar-refractivity contribution is 9.10. The van der Waals surface area contributed by atoms with Crippen molar-refractivity contribution in [2.45, 2.75) is 26.3 Å². The van der Waals surface area contributed by atoms with Gasteiger partial charge in [-0.15, -0.1) is 0 Å². The van der Waals surface area contributed by atoms with Gasteiger partial charge >= 0.3 is 6.03 Å². The highest BCUT2D eigenvalue weighted by Crippen LogP contribution is 2.28. The minimum atomic E-state index is -0.798. The van der Waals surface area contributed by atoms with E-state index in [4.69, 9.17) is 0 Å². The van der Waals surface area contributed by atoms with Crippen molar-refractivity contribution in [3.05, 3.63) is 64.1 Å². The van der Waals surface area contributed by atoms with Gasteiger partial charge in [0.25, 0.3) is 0 Å². The fraction of sp³-hybridized carbons (Fsp3) is 0.278. The van der Waals surface area contributed by atoms with Crippen molar-refractivity contribution in [3.63, 3.8) is 0 Å². The fourth-order valence-electron chi connectivity index (χ4n) is 2.47. The first-order valence-electron chi connectivity index (χ1n) is 7.71. The Bertz CT molecular complexity index is 724. The van der Waals surface area contributed by atoms with E-state index in [1.165, 1.54) is 6.07 Å². The van der Waals surface area contributed by atoms with Crippen molar-refractivity contribution >= 4 is 27.6 Å². The third-order valence-electron chi connectivity index (χ3n) is 3.72. The molecule has 0 saturated heterocycles. The molecular formula is C18H19BrF2N2O. The van der Waals surface area contributed by atoms with Gasteiger partial charge in [0, 0.05) is 17.1 Å². The Hall–Kier alpha value is -1.95. The van der Waals surface area contributed by atoms with Crippen LogP contribution in [0.15, 0.2) is 46.9 Å². The molecule has 2 rings (SSSR count). The molecule has 0 aliphatic heterocycles. The molecule has 0 aliphatic rings. The summed E-state index contributed by atoms with van der Waals surface area (Å²) in [5, 5.41) is 2.52. The first-order valence-corrected chi connectivity index (χ1v) is 8.50. The van der Waals surface area contributed by atoms with Crippen molar-refractivity contribution in [1.82, 2.24) is 4.90 Å². The van der Waals surface area contributed by atoms with Gasteiger partial charge in [-0.3, -0.25) is 0 Å². The minimum absolute atomic E-state index is 0.0400. The number of carbonyl (C=O) groups is 1. The summed E-state index contributed by atoms with van der Waals surface area (Å²) in [6.07, 6.45) is 0.758. The molecule has 2 aromatic rings. The molecule has 0 saturated carbocycles. The number of halogens is 3. The number of hydrogen-bond acceptors (Lipinski definition) is 1. The van der Waals surface area contributed by atoms with E-state index in [1.807, 2.05) is 38.1 Å². The molecule has 0 aliphatic carbocycles. The molecule has 24 heavy (non-hydrogen) atoms. The lowest BCUT2D eigenvalue weighted by molar-refractivity contribution is 0.192. The minimum Gasteiger partial charge on any atom is -0.318 e. The molecule has 2 aromatic carbocycles. The van der Waals surface area contributed by atoms with Gasteiger partial charge in [-0.25, -0.2) is 13.6 Å². The van der Waals surface area contributed by atoms with Crippen LogP contribution in [0.4, 0.5) is 19.3 Å². The first-order chi connectivity index (χ1) is 11.4. The number of rotatable bonds is 5. The highest BCUT2D eigenvalue weighted by atomic mass is 79.9. The third kappa shape index (κ3) is 4.32. The summed E-state index contributed by atoms with van der Waals surface area (Å²) in [5.41, 5.74) is 0.919. The van der Waals surface area contributed by atoms with Crippen LogP contribution in [0.1, 0.15) is 31.9 Å². The fourth-order valence-corrected chi connectivity index (χ4v) is 3.09.